The lowest BCUT2D eigenvalue weighted by molar-refractivity contribution is -0.127. The summed E-state index contributed by atoms with van der Waals surface area (Å²) in [5, 5.41) is 3.13. The van der Waals surface area contributed by atoms with E-state index >= 15 is 0 Å². The second kappa shape index (κ2) is 6.17. The van der Waals surface area contributed by atoms with Crippen molar-refractivity contribution >= 4 is 11.6 Å². The number of rotatable bonds is 4. The zero-order valence-corrected chi connectivity index (χ0v) is 11.9. The van der Waals surface area contributed by atoms with E-state index in [0.29, 0.717) is 6.61 Å². The first-order chi connectivity index (χ1) is 9.11. The highest BCUT2D eigenvalue weighted by molar-refractivity contribution is 5.95. The van der Waals surface area contributed by atoms with Crippen LogP contribution in [0.4, 0.5) is 5.69 Å². The standard InChI is InChI=1S/C15H22N2O2/c1-11-6-12(2)8-14(7-11)17-13(4-5-16-3)9-19-10-15(17)18/h6-8,13,16H,4-5,9-10H2,1-3H3. The first-order valence-corrected chi connectivity index (χ1v) is 6.74. The fourth-order valence-corrected chi connectivity index (χ4v) is 2.60. The number of aryl methyl sites for hydroxylation is 2. The summed E-state index contributed by atoms with van der Waals surface area (Å²) in [6.07, 6.45) is 0.898. The molecule has 0 aromatic heterocycles. The third-order valence-corrected chi connectivity index (χ3v) is 3.38. The van der Waals surface area contributed by atoms with Gasteiger partial charge in [0.25, 0.3) is 5.91 Å². The van der Waals surface area contributed by atoms with Crippen LogP contribution < -0.4 is 10.2 Å². The van der Waals surface area contributed by atoms with E-state index in [9.17, 15) is 4.79 Å². The van der Waals surface area contributed by atoms with E-state index in [1.807, 2.05) is 11.9 Å². The third-order valence-electron chi connectivity index (χ3n) is 3.38. The molecule has 1 unspecified atom stereocenters. The van der Waals surface area contributed by atoms with E-state index < -0.39 is 0 Å². The summed E-state index contributed by atoms with van der Waals surface area (Å²) in [6, 6.07) is 6.39. The normalized spacial score (nSPS) is 19.8. The molecule has 1 saturated heterocycles. The Morgan fingerprint density at radius 2 is 2.00 bits per heavy atom. The van der Waals surface area contributed by atoms with Crippen LogP contribution in [-0.2, 0) is 9.53 Å². The molecule has 1 atom stereocenters. The van der Waals surface area contributed by atoms with Crippen molar-refractivity contribution < 1.29 is 9.53 Å². The van der Waals surface area contributed by atoms with Gasteiger partial charge in [-0.3, -0.25) is 4.79 Å². The number of ether oxygens (including phenoxy) is 1. The van der Waals surface area contributed by atoms with Crippen molar-refractivity contribution in [3.8, 4) is 0 Å². The Kier molecular flexibility index (Phi) is 4.56. The molecule has 2 rings (SSSR count). The molecule has 1 aromatic carbocycles. The zero-order valence-electron chi connectivity index (χ0n) is 11.9. The Hall–Kier alpha value is -1.39. The van der Waals surface area contributed by atoms with E-state index in [4.69, 9.17) is 4.74 Å². The van der Waals surface area contributed by atoms with Crippen LogP contribution in [0.25, 0.3) is 0 Å². The minimum atomic E-state index is 0.0531. The highest BCUT2D eigenvalue weighted by atomic mass is 16.5. The largest absolute Gasteiger partial charge is 0.369 e. The summed E-state index contributed by atoms with van der Waals surface area (Å²) in [4.78, 5) is 14.1. The lowest BCUT2D eigenvalue weighted by Gasteiger charge is -2.36. The van der Waals surface area contributed by atoms with Crippen LogP contribution in [0.3, 0.4) is 0 Å². The predicted molar refractivity (Wildman–Crippen MR) is 76.6 cm³/mol. The number of nitrogens with one attached hydrogen (secondary N) is 1. The van der Waals surface area contributed by atoms with Crippen molar-refractivity contribution in [1.82, 2.24) is 5.32 Å². The Balaban J connectivity index is 2.27. The molecule has 0 bridgehead atoms. The van der Waals surface area contributed by atoms with Gasteiger partial charge < -0.3 is 15.0 Å². The summed E-state index contributed by atoms with van der Waals surface area (Å²) in [6.45, 7) is 5.79. The number of carbonyl (C=O) groups is 1. The lowest BCUT2D eigenvalue weighted by Crippen LogP contribution is -2.50. The molecule has 0 saturated carbocycles. The van der Waals surface area contributed by atoms with E-state index in [0.717, 1.165) is 18.7 Å². The van der Waals surface area contributed by atoms with Crippen molar-refractivity contribution in [3.63, 3.8) is 0 Å². The monoisotopic (exact) mass is 262 g/mol. The molecule has 1 aliphatic rings. The first kappa shape index (κ1) is 14.0. The minimum Gasteiger partial charge on any atom is -0.369 e. The maximum Gasteiger partial charge on any atom is 0.253 e. The van der Waals surface area contributed by atoms with Crippen LogP contribution in [-0.4, -0.2) is 38.8 Å². The number of hydrogen-bond donors (Lipinski definition) is 1. The molecule has 0 radical (unpaired) electrons. The number of benzene rings is 1. The highest BCUT2D eigenvalue weighted by Gasteiger charge is 2.29. The van der Waals surface area contributed by atoms with Crippen LogP contribution >= 0.6 is 0 Å². The van der Waals surface area contributed by atoms with Crippen LogP contribution in [0.1, 0.15) is 17.5 Å². The summed E-state index contributed by atoms with van der Waals surface area (Å²) < 4.78 is 5.38. The maximum absolute atomic E-state index is 12.2. The summed E-state index contributed by atoms with van der Waals surface area (Å²) in [5.74, 6) is 0.0531. The first-order valence-electron chi connectivity index (χ1n) is 6.74. The molecule has 1 aliphatic heterocycles. The van der Waals surface area contributed by atoms with Gasteiger partial charge in [0.05, 0.1) is 12.6 Å². The average molecular weight is 262 g/mol. The second-order valence-corrected chi connectivity index (χ2v) is 5.17. The molecule has 4 heteroatoms. The van der Waals surface area contributed by atoms with Gasteiger partial charge in [0, 0.05) is 5.69 Å². The molecule has 1 aromatic rings. The van der Waals surface area contributed by atoms with Gasteiger partial charge in [-0.15, -0.1) is 0 Å². The Labute approximate surface area is 114 Å². The minimum absolute atomic E-state index is 0.0531. The fourth-order valence-electron chi connectivity index (χ4n) is 2.60. The second-order valence-electron chi connectivity index (χ2n) is 5.17. The maximum atomic E-state index is 12.2. The summed E-state index contributed by atoms with van der Waals surface area (Å²) in [5.41, 5.74) is 3.36. The quantitative estimate of drug-likeness (QED) is 0.897. The number of morpholine rings is 1. The number of nitrogens with zero attached hydrogens (tertiary/aromatic N) is 1. The van der Waals surface area contributed by atoms with Gasteiger partial charge in [-0.25, -0.2) is 0 Å². The van der Waals surface area contributed by atoms with Gasteiger partial charge in [0.15, 0.2) is 0 Å². The van der Waals surface area contributed by atoms with Crippen molar-refractivity contribution in [2.24, 2.45) is 0 Å². The molecule has 0 aliphatic carbocycles. The number of amides is 1. The van der Waals surface area contributed by atoms with Crippen molar-refractivity contribution in [2.45, 2.75) is 26.3 Å². The van der Waals surface area contributed by atoms with Gasteiger partial charge in [-0.05, 0) is 57.1 Å². The lowest BCUT2D eigenvalue weighted by atomic mass is 10.1. The van der Waals surface area contributed by atoms with Gasteiger partial charge >= 0.3 is 0 Å². The van der Waals surface area contributed by atoms with E-state index in [2.05, 4.69) is 37.4 Å². The topological polar surface area (TPSA) is 41.6 Å². The summed E-state index contributed by atoms with van der Waals surface area (Å²) in [7, 11) is 1.92. The number of carbonyl (C=O) groups excluding carboxylic acids is 1. The zero-order chi connectivity index (χ0) is 13.8. The van der Waals surface area contributed by atoms with Crippen molar-refractivity contribution in [3.05, 3.63) is 29.3 Å². The van der Waals surface area contributed by atoms with Gasteiger partial charge in [0.1, 0.15) is 6.61 Å². The highest BCUT2D eigenvalue weighted by Crippen LogP contribution is 2.24. The third kappa shape index (κ3) is 3.33. The SMILES string of the molecule is CNCCC1COCC(=O)N1c1cc(C)cc(C)c1. The Morgan fingerprint density at radius 3 is 2.63 bits per heavy atom. The van der Waals surface area contributed by atoms with Crippen LogP contribution in [0, 0.1) is 13.8 Å². The van der Waals surface area contributed by atoms with Crippen LogP contribution in [0.15, 0.2) is 18.2 Å². The van der Waals surface area contributed by atoms with E-state index in [-0.39, 0.29) is 18.6 Å². The Morgan fingerprint density at radius 1 is 1.32 bits per heavy atom. The Bertz CT molecular complexity index is 439. The fraction of sp³-hybridized carbons (Fsp3) is 0.533. The number of hydrogen-bond acceptors (Lipinski definition) is 3. The van der Waals surface area contributed by atoms with Gasteiger partial charge in [-0.2, -0.15) is 0 Å². The summed E-state index contributed by atoms with van der Waals surface area (Å²) >= 11 is 0. The van der Waals surface area contributed by atoms with E-state index in [1.165, 1.54) is 11.1 Å². The predicted octanol–water partition coefficient (Wildman–Crippen LogP) is 1.64. The van der Waals surface area contributed by atoms with Crippen LogP contribution in [0.2, 0.25) is 0 Å². The molecule has 0 spiro atoms. The molecule has 1 amide bonds. The van der Waals surface area contributed by atoms with Crippen LogP contribution in [0.5, 0.6) is 0 Å². The van der Waals surface area contributed by atoms with Gasteiger partial charge in [0.2, 0.25) is 0 Å². The smallest absolute Gasteiger partial charge is 0.253 e. The molecule has 1 heterocycles. The number of anilines is 1. The molecular formula is C15H22N2O2. The van der Waals surface area contributed by atoms with Gasteiger partial charge in [-0.1, -0.05) is 6.07 Å². The molecule has 19 heavy (non-hydrogen) atoms. The average Bonchev–Trinajstić information content (AvgIpc) is 2.35. The molecular weight excluding hydrogens is 240 g/mol. The molecule has 1 N–H and O–H groups in total. The van der Waals surface area contributed by atoms with E-state index in [1.54, 1.807) is 0 Å². The van der Waals surface area contributed by atoms with Crippen molar-refractivity contribution in [2.75, 3.05) is 31.7 Å². The van der Waals surface area contributed by atoms with Crippen molar-refractivity contribution in [1.29, 1.82) is 0 Å². The molecule has 4 nitrogen and oxygen atoms in total. The molecule has 104 valence electrons. The molecule has 1 fully saturated rings.